The van der Waals surface area contributed by atoms with Gasteiger partial charge in [0, 0.05) is 42.5 Å². The number of ether oxygens (including phenoxy) is 4. The van der Waals surface area contributed by atoms with Gasteiger partial charge in [-0.3, -0.25) is 0 Å². The van der Waals surface area contributed by atoms with Crippen LogP contribution in [0.5, 0.6) is 0 Å². The summed E-state index contributed by atoms with van der Waals surface area (Å²) in [5, 5.41) is 0. The second-order valence-corrected chi connectivity index (χ2v) is 7.99. The number of allylic oxidation sites excluding steroid dienone is 1. The summed E-state index contributed by atoms with van der Waals surface area (Å²) in [6.07, 6.45) is 4.30. The van der Waals surface area contributed by atoms with Gasteiger partial charge in [-0.05, 0) is 13.3 Å². The number of halogens is 2. The Balaban J connectivity index is 1.85. The molecule has 0 spiro atoms. The van der Waals surface area contributed by atoms with E-state index in [1.165, 1.54) is 0 Å². The smallest absolute Gasteiger partial charge is 0.159 e. The van der Waals surface area contributed by atoms with Gasteiger partial charge in [0.2, 0.25) is 0 Å². The highest BCUT2D eigenvalue weighted by atomic mass is 127. The molecule has 1 heterocycles. The van der Waals surface area contributed by atoms with Crippen LogP contribution in [0.2, 0.25) is 0 Å². The van der Waals surface area contributed by atoms with Crippen LogP contribution < -0.4 is 0 Å². The van der Waals surface area contributed by atoms with Crippen molar-refractivity contribution in [1.82, 2.24) is 0 Å². The summed E-state index contributed by atoms with van der Waals surface area (Å²) in [5.74, 6) is -0.395. The van der Waals surface area contributed by atoms with Crippen LogP contribution in [-0.4, -0.2) is 55.5 Å². The van der Waals surface area contributed by atoms with Gasteiger partial charge in [0.1, 0.15) is 6.17 Å². The zero-order valence-corrected chi connectivity index (χ0v) is 16.3. The van der Waals surface area contributed by atoms with E-state index in [-0.39, 0.29) is 30.3 Å². The van der Waals surface area contributed by atoms with E-state index in [1.807, 2.05) is 26.0 Å². The quantitative estimate of drug-likeness (QED) is 0.250. The standard InChI is InChI=1S/C17H28FIO4/c1-11-5-6-15(21-8-4-7-20-3)13(17(11)18)10-22-16-9-14(19)12(2)23-16/h5-6,11-17H,4,7-10H2,1-3H3/t11?,12?,13?,14-,15+,16-,17?/m0/s1. The third-order valence-electron chi connectivity index (χ3n) is 4.51. The third kappa shape index (κ3) is 5.63. The summed E-state index contributed by atoms with van der Waals surface area (Å²) in [6, 6.07) is 0. The lowest BCUT2D eigenvalue weighted by Crippen LogP contribution is -2.41. The van der Waals surface area contributed by atoms with E-state index in [0.29, 0.717) is 23.7 Å². The fourth-order valence-corrected chi connectivity index (χ4v) is 3.56. The third-order valence-corrected chi connectivity index (χ3v) is 6.03. The van der Waals surface area contributed by atoms with Crippen LogP contribution in [0.4, 0.5) is 4.39 Å². The van der Waals surface area contributed by atoms with Crippen LogP contribution in [0, 0.1) is 11.8 Å². The maximum atomic E-state index is 14.6. The van der Waals surface area contributed by atoms with Crippen molar-refractivity contribution in [2.75, 3.05) is 26.9 Å². The minimum absolute atomic E-state index is 0.108. The van der Waals surface area contributed by atoms with Gasteiger partial charge in [-0.15, -0.1) is 0 Å². The Bertz CT molecular complexity index is 372. The van der Waals surface area contributed by atoms with Crippen molar-refractivity contribution >= 4 is 22.6 Å². The Hall–Kier alpha value is 0.240. The van der Waals surface area contributed by atoms with Crippen LogP contribution in [0.15, 0.2) is 12.2 Å². The highest BCUT2D eigenvalue weighted by Crippen LogP contribution is 2.32. The molecular weight excluding hydrogens is 414 g/mol. The van der Waals surface area contributed by atoms with E-state index in [9.17, 15) is 4.39 Å². The first kappa shape index (κ1) is 19.6. The summed E-state index contributed by atoms with van der Waals surface area (Å²) >= 11 is 2.38. The normalized spacial score (nSPS) is 40.7. The zero-order chi connectivity index (χ0) is 16.8. The molecule has 0 saturated carbocycles. The molecule has 7 atom stereocenters. The minimum Gasteiger partial charge on any atom is -0.385 e. The monoisotopic (exact) mass is 442 g/mol. The first-order valence-corrected chi connectivity index (χ1v) is 9.61. The molecule has 6 heteroatoms. The molecule has 2 rings (SSSR count). The van der Waals surface area contributed by atoms with Crippen LogP contribution in [0.1, 0.15) is 26.7 Å². The van der Waals surface area contributed by atoms with E-state index >= 15 is 0 Å². The average Bonchev–Trinajstić information content (AvgIpc) is 2.85. The van der Waals surface area contributed by atoms with Gasteiger partial charge in [-0.25, -0.2) is 4.39 Å². The Morgan fingerprint density at radius 1 is 1.22 bits per heavy atom. The summed E-state index contributed by atoms with van der Waals surface area (Å²) < 4.78 is 37.5. The molecule has 4 nitrogen and oxygen atoms in total. The number of rotatable bonds is 8. The first-order valence-electron chi connectivity index (χ1n) is 8.37. The van der Waals surface area contributed by atoms with E-state index < -0.39 is 6.17 Å². The second-order valence-electron chi connectivity index (χ2n) is 6.39. The molecule has 0 amide bonds. The predicted molar refractivity (Wildman–Crippen MR) is 95.6 cm³/mol. The Morgan fingerprint density at radius 3 is 2.65 bits per heavy atom. The van der Waals surface area contributed by atoms with E-state index in [2.05, 4.69) is 22.6 Å². The van der Waals surface area contributed by atoms with Crippen LogP contribution in [0.3, 0.4) is 0 Å². The highest BCUT2D eigenvalue weighted by molar-refractivity contribution is 14.1. The molecule has 1 aliphatic carbocycles. The zero-order valence-electron chi connectivity index (χ0n) is 14.1. The van der Waals surface area contributed by atoms with Gasteiger partial charge in [0.15, 0.2) is 6.29 Å². The summed E-state index contributed by atoms with van der Waals surface area (Å²) in [6.45, 7) is 5.48. The van der Waals surface area contributed by atoms with Crippen LogP contribution in [-0.2, 0) is 18.9 Å². The molecule has 0 aromatic heterocycles. The van der Waals surface area contributed by atoms with Gasteiger partial charge >= 0.3 is 0 Å². The van der Waals surface area contributed by atoms with Gasteiger partial charge < -0.3 is 18.9 Å². The van der Waals surface area contributed by atoms with Crippen molar-refractivity contribution in [3.8, 4) is 0 Å². The molecule has 4 unspecified atom stereocenters. The highest BCUT2D eigenvalue weighted by Gasteiger charge is 2.37. The lowest BCUT2D eigenvalue weighted by Gasteiger charge is -2.34. The fraction of sp³-hybridized carbons (Fsp3) is 0.882. The molecule has 0 bridgehead atoms. The SMILES string of the molecule is COCCCO[C@@H]1C=CC(C)C(F)C1CO[C@@H]1C[C@H](I)C(C)O1. The summed E-state index contributed by atoms with van der Waals surface area (Å²) in [4.78, 5) is 0. The first-order chi connectivity index (χ1) is 11.0. The van der Waals surface area contributed by atoms with Gasteiger partial charge in [0.05, 0.1) is 18.8 Å². The van der Waals surface area contributed by atoms with Crippen molar-refractivity contribution in [2.45, 2.75) is 55.3 Å². The molecule has 1 fully saturated rings. The number of alkyl halides is 2. The molecule has 0 aromatic carbocycles. The molecular formula is C17H28FIO4. The maximum absolute atomic E-state index is 14.6. The Morgan fingerprint density at radius 2 is 2.00 bits per heavy atom. The minimum atomic E-state index is -0.957. The van der Waals surface area contributed by atoms with Crippen molar-refractivity contribution in [2.24, 2.45) is 11.8 Å². The number of methoxy groups -OCH3 is 1. The van der Waals surface area contributed by atoms with E-state index in [1.54, 1.807) is 7.11 Å². The molecule has 0 radical (unpaired) electrons. The Labute approximate surface area is 152 Å². The number of hydrogen-bond acceptors (Lipinski definition) is 4. The van der Waals surface area contributed by atoms with Gasteiger partial charge in [0.25, 0.3) is 0 Å². The van der Waals surface area contributed by atoms with Crippen molar-refractivity contribution in [3.05, 3.63) is 12.2 Å². The molecule has 0 N–H and O–H groups in total. The molecule has 23 heavy (non-hydrogen) atoms. The van der Waals surface area contributed by atoms with Gasteiger partial charge in [-0.2, -0.15) is 0 Å². The van der Waals surface area contributed by atoms with Crippen molar-refractivity contribution in [1.29, 1.82) is 0 Å². The molecule has 134 valence electrons. The molecule has 0 aromatic rings. The predicted octanol–water partition coefficient (Wildman–Crippen LogP) is 3.52. The summed E-state index contributed by atoms with van der Waals surface area (Å²) in [7, 11) is 1.67. The maximum Gasteiger partial charge on any atom is 0.159 e. The second kappa shape index (κ2) is 9.65. The van der Waals surface area contributed by atoms with E-state index in [0.717, 1.165) is 12.8 Å². The van der Waals surface area contributed by atoms with Crippen molar-refractivity contribution < 1.29 is 23.3 Å². The number of hydrogen-bond donors (Lipinski definition) is 0. The molecule has 2 aliphatic rings. The summed E-state index contributed by atoms with van der Waals surface area (Å²) in [5.41, 5.74) is 0. The van der Waals surface area contributed by atoms with Crippen molar-refractivity contribution in [3.63, 3.8) is 0 Å². The Kier molecular flexibility index (Phi) is 8.21. The largest absolute Gasteiger partial charge is 0.385 e. The molecule has 1 aliphatic heterocycles. The lowest BCUT2D eigenvalue weighted by atomic mass is 9.84. The molecule has 1 saturated heterocycles. The lowest BCUT2D eigenvalue weighted by molar-refractivity contribution is -0.154. The van der Waals surface area contributed by atoms with E-state index in [4.69, 9.17) is 18.9 Å². The van der Waals surface area contributed by atoms with Crippen LogP contribution in [0.25, 0.3) is 0 Å². The fourth-order valence-electron chi connectivity index (χ4n) is 2.97. The van der Waals surface area contributed by atoms with Crippen LogP contribution >= 0.6 is 22.6 Å². The van der Waals surface area contributed by atoms with Gasteiger partial charge in [-0.1, -0.05) is 41.7 Å². The topological polar surface area (TPSA) is 36.9 Å². The average molecular weight is 442 g/mol.